The van der Waals surface area contributed by atoms with Gasteiger partial charge in [-0.15, -0.1) is 0 Å². The van der Waals surface area contributed by atoms with Crippen LogP contribution in [0.3, 0.4) is 0 Å². The molecule has 0 aliphatic heterocycles. The minimum absolute atomic E-state index is 0.213. The molecule has 0 radical (unpaired) electrons. The van der Waals surface area contributed by atoms with Gasteiger partial charge in [-0.1, -0.05) is 53.5 Å². The Morgan fingerprint density at radius 2 is 1.76 bits per heavy atom. The van der Waals surface area contributed by atoms with Crippen molar-refractivity contribution in [1.29, 1.82) is 0 Å². The van der Waals surface area contributed by atoms with Crippen molar-refractivity contribution in [2.75, 3.05) is 5.32 Å². The van der Waals surface area contributed by atoms with E-state index >= 15 is 0 Å². The molecule has 144 valence electrons. The minimum Gasteiger partial charge on any atom is -0.321 e. The van der Waals surface area contributed by atoms with E-state index in [4.69, 9.17) is 28.2 Å². The fourth-order valence-electron chi connectivity index (χ4n) is 3.08. The van der Waals surface area contributed by atoms with Crippen LogP contribution in [0.2, 0.25) is 10.0 Å². The third kappa shape index (κ3) is 4.15. The fraction of sp³-hybridized carbons (Fsp3) is 0.0435. The van der Waals surface area contributed by atoms with Crippen LogP contribution in [0.1, 0.15) is 15.9 Å². The predicted molar refractivity (Wildman–Crippen MR) is 124 cm³/mol. The van der Waals surface area contributed by atoms with Crippen molar-refractivity contribution in [2.45, 2.75) is 6.92 Å². The number of aromatic nitrogens is 1. The lowest BCUT2D eigenvalue weighted by Gasteiger charge is -2.12. The minimum atomic E-state index is -0.213. The van der Waals surface area contributed by atoms with Crippen molar-refractivity contribution < 1.29 is 4.79 Å². The molecule has 1 amide bonds. The van der Waals surface area contributed by atoms with Crippen molar-refractivity contribution in [2.24, 2.45) is 0 Å². The van der Waals surface area contributed by atoms with E-state index in [-0.39, 0.29) is 5.91 Å². The van der Waals surface area contributed by atoms with Gasteiger partial charge < -0.3 is 5.32 Å². The lowest BCUT2D eigenvalue weighted by Crippen LogP contribution is -2.13. The summed E-state index contributed by atoms with van der Waals surface area (Å²) in [7, 11) is 0. The fourth-order valence-corrected chi connectivity index (χ4v) is 3.97. The van der Waals surface area contributed by atoms with Crippen molar-refractivity contribution in [3.05, 3.63) is 92.4 Å². The van der Waals surface area contributed by atoms with Gasteiger partial charge in [-0.05, 0) is 64.8 Å². The molecule has 0 bridgehead atoms. The molecule has 4 aromatic rings. The Morgan fingerprint density at radius 3 is 2.52 bits per heavy atom. The standard InChI is InChI=1S/C23H15BrCl2N2O/c1-13-6-9-21(17(24)10-13)28-23(29)16-12-22(14-7-8-18(25)19(26)11-14)27-20-5-3-2-4-15(16)20/h2-12H,1H3,(H,28,29). The maximum atomic E-state index is 13.2. The molecular weight excluding hydrogens is 471 g/mol. The van der Waals surface area contributed by atoms with Gasteiger partial charge in [-0.3, -0.25) is 4.79 Å². The first-order valence-electron chi connectivity index (χ1n) is 8.85. The van der Waals surface area contributed by atoms with Gasteiger partial charge in [0.25, 0.3) is 5.91 Å². The van der Waals surface area contributed by atoms with Crippen molar-refractivity contribution >= 4 is 61.6 Å². The Labute approximate surface area is 186 Å². The molecule has 4 rings (SSSR count). The third-order valence-electron chi connectivity index (χ3n) is 4.55. The van der Waals surface area contributed by atoms with Gasteiger partial charge in [0.2, 0.25) is 0 Å². The normalized spacial score (nSPS) is 10.9. The number of nitrogens with one attached hydrogen (secondary N) is 1. The number of nitrogens with zero attached hydrogens (tertiary/aromatic N) is 1. The van der Waals surface area contributed by atoms with E-state index in [9.17, 15) is 4.79 Å². The van der Waals surface area contributed by atoms with Crippen LogP contribution in [0.25, 0.3) is 22.2 Å². The summed E-state index contributed by atoms with van der Waals surface area (Å²) in [6, 6.07) is 20.4. The third-order valence-corrected chi connectivity index (χ3v) is 5.94. The van der Waals surface area contributed by atoms with E-state index in [0.29, 0.717) is 27.0 Å². The summed E-state index contributed by atoms with van der Waals surface area (Å²) in [6.45, 7) is 2.00. The van der Waals surface area contributed by atoms with E-state index in [2.05, 4.69) is 21.2 Å². The number of pyridine rings is 1. The van der Waals surface area contributed by atoms with E-state index in [1.165, 1.54) is 0 Å². The maximum absolute atomic E-state index is 13.2. The second-order valence-corrected chi connectivity index (χ2v) is 8.31. The van der Waals surface area contributed by atoms with Crippen molar-refractivity contribution in [3.8, 4) is 11.3 Å². The van der Waals surface area contributed by atoms with Crippen LogP contribution < -0.4 is 5.32 Å². The zero-order valence-corrected chi connectivity index (χ0v) is 18.4. The molecule has 1 aromatic heterocycles. The number of fused-ring (bicyclic) bond motifs is 1. The van der Waals surface area contributed by atoms with Gasteiger partial charge in [0.1, 0.15) is 0 Å². The molecule has 3 nitrogen and oxygen atoms in total. The molecule has 1 heterocycles. The summed E-state index contributed by atoms with van der Waals surface area (Å²) in [5.41, 5.74) is 4.50. The average molecular weight is 486 g/mol. The first kappa shape index (κ1) is 19.9. The number of benzene rings is 3. The molecule has 29 heavy (non-hydrogen) atoms. The van der Waals surface area contributed by atoms with E-state index in [0.717, 1.165) is 26.5 Å². The SMILES string of the molecule is Cc1ccc(NC(=O)c2cc(-c3ccc(Cl)c(Cl)c3)nc3ccccc23)c(Br)c1. The lowest BCUT2D eigenvalue weighted by atomic mass is 10.0. The number of aryl methyl sites for hydroxylation is 1. The lowest BCUT2D eigenvalue weighted by molar-refractivity contribution is 0.102. The molecule has 6 heteroatoms. The monoisotopic (exact) mass is 484 g/mol. The molecule has 0 saturated carbocycles. The number of para-hydroxylation sites is 1. The highest BCUT2D eigenvalue weighted by molar-refractivity contribution is 9.10. The van der Waals surface area contributed by atoms with Crippen molar-refractivity contribution in [1.82, 2.24) is 4.98 Å². The average Bonchev–Trinajstić information content (AvgIpc) is 2.71. The van der Waals surface area contributed by atoms with Gasteiger partial charge in [0.05, 0.1) is 32.5 Å². The quantitative estimate of drug-likeness (QED) is 0.325. The molecule has 0 fully saturated rings. The van der Waals surface area contributed by atoms with Gasteiger partial charge >= 0.3 is 0 Å². The molecule has 3 aromatic carbocycles. The number of anilines is 1. The number of carbonyl (C=O) groups excluding carboxylic acids is 1. The number of rotatable bonds is 3. The first-order valence-corrected chi connectivity index (χ1v) is 10.4. The van der Waals surface area contributed by atoms with Crippen LogP contribution in [0.4, 0.5) is 5.69 Å². The topological polar surface area (TPSA) is 42.0 Å². The number of amides is 1. The molecule has 0 saturated heterocycles. The smallest absolute Gasteiger partial charge is 0.256 e. The van der Waals surface area contributed by atoms with E-state index in [1.54, 1.807) is 18.2 Å². The summed E-state index contributed by atoms with van der Waals surface area (Å²) >= 11 is 15.7. The Morgan fingerprint density at radius 1 is 0.966 bits per heavy atom. The zero-order chi connectivity index (χ0) is 20.5. The highest BCUT2D eigenvalue weighted by atomic mass is 79.9. The van der Waals surface area contributed by atoms with Crippen LogP contribution in [-0.4, -0.2) is 10.9 Å². The largest absolute Gasteiger partial charge is 0.321 e. The predicted octanol–water partition coefficient (Wildman–Crippen LogP) is 7.53. The van der Waals surface area contributed by atoms with Crippen LogP contribution in [0, 0.1) is 6.92 Å². The second-order valence-electron chi connectivity index (χ2n) is 6.64. The van der Waals surface area contributed by atoms with Crippen molar-refractivity contribution in [3.63, 3.8) is 0 Å². The Hall–Kier alpha value is -2.40. The summed E-state index contributed by atoms with van der Waals surface area (Å²) in [4.78, 5) is 17.9. The Kier molecular flexibility index (Phi) is 5.59. The summed E-state index contributed by atoms with van der Waals surface area (Å²) in [5.74, 6) is -0.213. The van der Waals surface area contributed by atoms with Crippen LogP contribution in [-0.2, 0) is 0 Å². The summed E-state index contributed by atoms with van der Waals surface area (Å²) in [6.07, 6.45) is 0. The molecule has 0 aliphatic rings. The summed E-state index contributed by atoms with van der Waals surface area (Å²) < 4.78 is 0.828. The zero-order valence-electron chi connectivity index (χ0n) is 15.3. The Bertz CT molecular complexity index is 1260. The van der Waals surface area contributed by atoms with Gasteiger partial charge in [-0.2, -0.15) is 0 Å². The van der Waals surface area contributed by atoms with E-state index in [1.807, 2.05) is 55.5 Å². The number of carbonyl (C=O) groups is 1. The molecule has 0 atom stereocenters. The highest BCUT2D eigenvalue weighted by Crippen LogP contribution is 2.31. The number of hydrogen-bond acceptors (Lipinski definition) is 2. The Balaban J connectivity index is 1.82. The molecular formula is C23H15BrCl2N2O. The first-order chi connectivity index (χ1) is 13.9. The molecule has 0 aliphatic carbocycles. The highest BCUT2D eigenvalue weighted by Gasteiger charge is 2.15. The second kappa shape index (κ2) is 8.15. The molecule has 0 unspecified atom stereocenters. The van der Waals surface area contributed by atoms with Gasteiger partial charge in [-0.25, -0.2) is 4.98 Å². The number of halogens is 3. The summed E-state index contributed by atoms with van der Waals surface area (Å²) in [5, 5.41) is 4.67. The molecule has 1 N–H and O–H groups in total. The molecule has 0 spiro atoms. The van der Waals surface area contributed by atoms with Gasteiger partial charge in [0.15, 0.2) is 0 Å². The van der Waals surface area contributed by atoms with Gasteiger partial charge in [0, 0.05) is 15.4 Å². The van der Waals surface area contributed by atoms with Crippen LogP contribution >= 0.6 is 39.1 Å². The van der Waals surface area contributed by atoms with Crippen LogP contribution in [0.15, 0.2) is 71.2 Å². The van der Waals surface area contributed by atoms with Crippen LogP contribution in [0.5, 0.6) is 0 Å². The van der Waals surface area contributed by atoms with E-state index < -0.39 is 0 Å². The maximum Gasteiger partial charge on any atom is 0.256 e. The number of hydrogen-bond donors (Lipinski definition) is 1.